The molecule has 1 saturated carbocycles. The minimum atomic E-state index is -0.477. The highest BCUT2D eigenvalue weighted by atomic mass is 32.1. The zero-order valence-electron chi connectivity index (χ0n) is 19.1. The van der Waals surface area contributed by atoms with E-state index < -0.39 is 11.0 Å². The average molecular weight is 485 g/mol. The van der Waals surface area contributed by atoms with Crippen LogP contribution < -0.4 is 0 Å². The summed E-state index contributed by atoms with van der Waals surface area (Å²) >= 11 is 1.53. The van der Waals surface area contributed by atoms with Gasteiger partial charge in [-0.1, -0.05) is 31.0 Å². The van der Waals surface area contributed by atoms with Crippen molar-refractivity contribution in [3.63, 3.8) is 0 Å². The smallest absolute Gasteiger partial charge is 0.269 e. The summed E-state index contributed by atoms with van der Waals surface area (Å²) < 4.78 is 5.18. The number of benzene rings is 1. The van der Waals surface area contributed by atoms with Crippen LogP contribution in [0.3, 0.4) is 0 Å². The number of hydrazone groups is 1. The minimum absolute atomic E-state index is 0.0172. The van der Waals surface area contributed by atoms with Crippen molar-refractivity contribution in [2.45, 2.75) is 38.1 Å². The van der Waals surface area contributed by atoms with E-state index in [4.69, 9.17) is 4.74 Å². The van der Waals surface area contributed by atoms with Gasteiger partial charge in [-0.25, -0.2) is 5.01 Å². The van der Waals surface area contributed by atoms with Crippen molar-refractivity contribution in [1.29, 1.82) is 0 Å². The molecule has 0 radical (unpaired) electrons. The lowest BCUT2D eigenvalue weighted by atomic mass is 10.0. The molecule has 2 aliphatic rings. The summed E-state index contributed by atoms with van der Waals surface area (Å²) in [6.45, 7) is 0.559. The van der Waals surface area contributed by atoms with Gasteiger partial charge in [0.15, 0.2) is 0 Å². The summed E-state index contributed by atoms with van der Waals surface area (Å²) in [6.07, 6.45) is 4.19. The van der Waals surface area contributed by atoms with Crippen molar-refractivity contribution in [3.8, 4) is 0 Å². The van der Waals surface area contributed by atoms with Crippen LogP contribution in [-0.2, 0) is 14.3 Å². The largest absolute Gasteiger partial charge is 0.383 e. The lowest BCUT2D eigenvalue weighted by Crippen LogP contribution is -2.44. The fourth-order valence-corrected chi connectivity index (χ4v) is 5.29. The number of non-ortho nitro benzene ring substituents is 1. The first kappa shape index (κ1) is 24.0. The Kier molecular flexibility index (Phi) is 7.69. The molecule has 1 atom stereocenters. The van der Waals surface area contributed by atoms with Gasteiger partial charge in [0.25, 0.3) is 11.6 Å². The van der Waals surface area contributed by atoms with Gasteiger partial charge >= 0.3 is 0 Å². The van der Waals surface area contributed by atoms with Gasteiger partial charge in [-0.3, -0.25) is 19.7 Å². The van der Waals surface area contributed by atoms with Crippen LogP contribution >= 0.6 is 11.3 Å². The van der Waals surface area contributed by atoms with Crippen LogP contribution in [-0.4, -0.2) is 59.2 Å². The third-order valence-corrected chi connectivity index (χ3v) is 7.26. The second kappa shape index (κ2) is 10.9. The highest BCUT2D eigenvalue weighted by Gasteiger charge is 2.36. The second-order valence-electron chi connectivity index (χ2n) is 8.57. The van der Waals surface area contributed by atoms with Gasteiger partial charge in [-0.2, -0.15) is 5.10 Å². The van der Waals surface area contributed by atoms with Crippen molar-refractivity contribution in [2.75, 3.05) is 26.8 Å². The van der Waals surface area contributed by atoms with Gasteiger partial charge < -0.3 is 9.64 Å². The van der Waals surface area contributed by atoms with Crippen LogP contribution in [0.5, 0.6) is 0 Å². The monoisotopic (exact) mass is 484 g/mol. The maximum absolute atomic E-state index is 13.5. The molecular formula is C24H28N4O5S. The fourth-order valence-electron chi connectivity index (χ4n) is 4.57. The number of nitro groups is 1. The predicted octanol–water partition coefficient (Wildman–Crippen LogP) is 4.00. The zero-order valence-corrected chi connectivity index (χ0v) is 19.9. The highest BCUT2D eigenvalue weighted by molar-refractivity contribution is 7.12. The Labute approximate surface area is 202 Å². The van der Waals surface area contributed by atoms with Gasteiger partial charge in [0.1, 0.15) is 6.54 Å². The Hall–Kier alpha value is -3.11. The molecule has 4 rings (SSSR count). The first-order valence-corrected chi connectivity index (χ1v) is 12.3. The van der Waals surface area contributed by atoms with E-state index in [1.807, 2.05) is 17.5 Å². The normalized spacial score (nSPS) is 18.2. The van der Waals surface area contributed by atoms with E-state index in [1.54, 1.807) is 24.1 Å². The van der Waals surface area contributed by atoms with Gasteiger partial charge in [0.2, 0.25) is 5.91 Å². The molecule has 1 aromatic carbocycles. The van der Waals surface area contributed by atoms with Gasteiger partial charge in [0, 0.05) is 38.1 Å². The molecule has 0 bridgehead atoms. The van der Waals surface area contributed by atoms with Gasteiger partial charge in [-0.05, 0) is 29.9 Å². The number of rotatable bonds is 9. The second-order valence-corrected chi connectivity index (χ2v) is 9.52. The molecule has 1 fully saturated rings. The number of amides is 2. The molecule has 34 heavy (non-hydrogen) atoms. The lowest BCUT2D eigenvalue weighted by Gasteiger charge is -2.28. The number of nitrogens with zero attached hydrogens (tertiary/aromatic N) is 4. The molecule has 2 heterocycles. The number of thiophene rings is 1. The average Bonchev–Trinajstić information content (AvgIpc) is 3.62. The molecule has 2 amide bonds. The molecule has 1 aromatic heterocycles. The number of carbonyl (C=O) groups excluding carboxylic acids is 2. The maximum atomic E-state index is 13.5. The Morgan fingerprint density at radius 1 is 1.26 bits per heavy atom. The molecule has 1 aliphatic heterocycles. The maximum Gasteiger partial charge on any atom is 0.269 e. The molecule has 2 aromatic rings. The number of hydrogen-bond donors (Lipinski definition) is 0. The molecule has 9 nitrogen and oxygen atoms in total. The summed E-state index contributed by atoms with van der Waals surface area (Å²) in [5, 5.41) is 19.3. The van der Waals surface area contributed by atoms with Gasteiger partial charge in [0.05, 0.1) is 28.2 Å². The minimum Gasteiger partial charge on any atom is -0.383 e. The molecule has 0 saturated heterocycles. The first-order chi connectivity index (χ1) is 16.5. The molecule has 180 valence electrons. The zero-order chi connectivity index (χ0) is 24.1. The van der Waals surface area contributed by atoms with Crippen LogP contribution in [0.1, 0.15) is 48.6 Å². The van der Waals surface area contributed by atoms with Crippen LogP contribution in [0.4, 0.5) is 5.69 Å². The van der Waals surface area contributed by atoms with E-state index in [-0.39, 0.29) is 30.0 Å². The number of methoxy groups -OCH3 is 1. The number of ether oxygens (including phenoxy) is 1. The number of hydrogen-bond acceptors (Lipinski definition) is 7. The standard InChI is InChI=1S/C24H28N4O5S/c1-33-12-11-26(24(30)17-6-2-3-7-17)16-23(29)27-21(15-20(25-27)22-10-5-13-34-22)18-8-4-9-19(14-18)28(31)32/h4-5,8-10,13-14,17,21H,2-3,6-7,11-12,15-16H2,1H3/t21-/m0/s1. The lowest BCUT2D eigenvalue weighted by molar-refractivity contribution is -0.385. The number of carbonyl (C=O) groups is 2. The Morgan fingerprint density at radius 3 is 2.74 bits per heavy atom. The summed E-state index contributed by atoms with van der Waals surface area (Å²) in [5.41, 5.74) is 1.36. The predicted molar refractivity (Wildman–Crippen MR) is 129 cm³/mol. The molecule has 0 unspecified atom stereocenters. The third kappa shape index (κ3) is 5.34. The Morgan fingerprint density at radius 2 is 2.06 bits per heavy atom. The molecular weight excluding hydrogens is 456 g/mol. The SMILES string of the molecule is COCCN(CC(=O)N1N=C(c2cccs2)C[C@H]1c1cccc([N+](=O)[O-])c1)C(=O)C1CCCC1. The Balaban J connectivity index is 1.60. The van der Waals surface area contributed by atoms with Crippen molar-refractivity contribution < 1.29 is 19.2 Å². The summed E-state index contributed by atoms with van der Waals surface area (Å²) in [6, 6.07) is 9.70. The van der Waals surface area contributed by atoms with Crippen LogP contribution in [0.25, 0.3) is 0 Å². The van der Waals surface area contributed by atoms with Crippen molar-refractivity contribution in [2.24, 2.45) is 11.0 Å². The molecule has 0 spiro atoms. The summed E-state index contributed by atoms with van der Waals surface area (Å²) in [5.74, 6) is -0.386. The fraction of sp³-hybridized carbons (Fsp3) is 0.458. The van der Waals surface area contributed by atoms with Crippen LogP contribution in [0.2, 0.25) is 0 Å². The summed E-state index contributed by atoms with van der Waals surface area (Å²) in [7, 11) is 1.57. The van der Waals surface area contributed by atoms with Crippen molar-refractivity contribution in [3.05, 3.63) is 62.3 Å². The first-order valence-electron chi connectivity index (χ1n) is 11.4. The van der Waals surface area contributed by atoms with E-state index in [1.165, 1.54) is 28.5 Å². The van der Waals surface area contributed by atoms with Crippen molar-refractivity contribution >= 4 is 34.6 Å². The Bertz CT molecular complexity index is 1070. The topological polar surface area (TPSA) is 105 Å². The van der Waals surface area contributed by atoms with E-state index in [0.29, 0.717) is 25.1 Å². The highest BCUT2D eigenvalue weighted by Crippen LogP contribution is 2.35. The van der Waals surface area contributed by atoms with Crippen LogP contribution in [0, 0.1) is 16.0 Å². The third-order valence-electron chi connectivity index (χ3n) is 6.34. The van der Waals surface area contributed by atoms with Crippen molar-refractivity contribution in [1.82, 2.24) is 9.91 Å². The van der Waals surface area contributed by atoms with Gasteiger partial charge in [-0.15, -0.1) is 11.3 Å². The molecule has 1 aliphatic carbocycles. The summed E-state index contributed by atoms with van der Waals surface area (Å²) in [4.78, 5) is 40.0. The number of nitro benzene ring substituents is 1. The van der Waals surface area contributed by atoms with E-state index in [9.17, 15) is 19.7 Å². The van der Waals surface area contributed by atoms with E-state index >= 15 is 0 Å². The quantitative estimate of drug-likeness (QED) is 0.395. The van der Waals surface area contributed by atoms with E-state index in [0.717, 1.165) is 36.3 Å². The van der Waals surface area contributed by atoms with Crippen LogP contribution in [0.15, 0.2) is 46.9 Å². The molecule has 0 N–H and O–H groups in total. The van der Waals surface area contributed by atoms with E-state index in [2.05, 4.69) is 5.10 Å². The molecule has 10 heteroatoms.